The molecule has 0 aliphatic carbocycles. The average Bonchev–Trinajstić information content (AvgIpc) is 2.94. The molecule has 1 atom stereocenters. The van der Waals surface area contributed by atoms with E-state index in [0.717, 1.165) is 10.3 Å². The topological polar surface area (TPSA) is 29.1 Å². The predicted octanol–water partition coefficient (Wildman–Crippen LogP) is 4.53. The first-order chi connectivity index (χ1) is 10.1. The van der Waals surface area contributed by atoms with Gasteiger partial charge in [-0.1, -0.05) is 36.4 Å². The number of hydrogen-bond acceptors (Lipinski definition) is 2. The number of thiophene rings is 1. The van der Waals surface area contributed by atoms with Gasteiger partial charge < -0.3 is 5.32 Å². The quantitative estimate of drug-likeness (QED) is 0.756. The van der Waals surface area contributed by atoms with Crippen molar-refractivity contribution in [2.45, 2.75) is 13.0 Å². The summed E-state index contributed by atoms with van der Waals surface area (Å²) in [6, 6.07) is 16.2. The van der Waals surface area contributed by atoms with Crippen LogP contribution in [0.2, 0.25) is 0 Å². The molecule has 1 heterocycles. The molecule has 0 saturated heterocycles. The van der Waals surface area contributed by atoms with Gasteiger partial charge in [0.25, 0.3) is 5.91 Å². The van der Waals surface area contributed by atoms with Crippen molar-refractivity contribution in [1.82, 2.24) is 5.32 Å². The number of carbonyl (C=O) groups is 1. The van der Waals surface area contributed by atoms with E-state index in [1.165, 1.54) is 17.4 Å². The molecular formula is C17H14FNOS. The lowest BCUT2D eigenvalue weighted by Crippen LogP contribution is -2.25. The lowest BCUT2D eigenvalue weighted by molar-refractivity contribution is 0.0944. The van der Waals surface area contributed by atoms with Crippen molar-refractivity contribution in [3.63, 3.8) is 0 Å². The monoisotopic (exact) mass is 299 g/mol. The van der Waals surface area contributed by atoms with Gasteiger partial charge in [-0.05, 0) is 30.7 Å². The third-order valence-corrected chi connectivity index (χ3v) is 4.48. The van der Waals surface area contributed by atoms with Crippen LogP contribution in [0.25, 0.3) is 10.1 Å². The molecule has 3 rings (SSSR count). The molecule has 2 nitrogen and oxygen atoms in total. The maximum Gasteiger partial charge on any atom is 0.261 e. The molecule has 4 heteroatoms. The highest BCUT2D eigenvalue weighted by Gasteiger charge is 2.15. The lowest BCUT2D eigenvalue weighted by atomic mass is 10.1. The van der Waals surface area contributed by atoms with Gasteiger partial charge in [-0.2, -0.15) is 0 Å². The molecular weight excluding hydrogens is 285 g/mol. The van der Waals surface area contributed by atoms with Crippen molar-refractivity contribution in [3.05, 3.63) is 70.9 Å². The van der Waals surface area contributed by atoms with Crippen LogP contribution in [0.3, 0.4) is 0 Å². The second kappa shape index (κ2) is 5.66. The zero-order valence-electron chi connectivity index (χ0n) is 11.5. The first kappa shape index (κ1) is 13.8. The maximum atomic E-state index is 13.7. The summed E-state index contributed by atoms with van der Waals surface area (Å²) in [7, 11) is 0. The Bertz CT molecular complexity index is 782. The van der Waals surface area contributed by atoms with E-state index >= 15 is 0 Å². The van der Waals surface area contributed by atoms with E-state index in [4.69, 9.17) is 0 Å². The predicted molar refractivity (Wildman–Crippen MR) is 84.1 cm³/mol. The fourth-order valence-electron chi connectivity index (χ4n) is 2.23. The van der Waals surface area contributed by atoms with Gasteiger partial charge in [-0.15, -0.1) is 11.3 Å². The maximum absolute atomic E-state index is 13.7. The molecule has 0 bridgehead atoms. The van der Waals surface area contributed by atoms with E-state index in [1.807, 2.05) is 43.3 Å². The number of benzene rings is 2. The zero-order valence-corrected chi connectivity index (χ0v) is 12.3. The van der Waals surface area contributed by atoms with Crippen LogP contribution < -0.4 is 5.32 Å². The molecule has 0 spiro atoms. The van der Waals surface area contributed by atoms with Crippen molar-refractivity contribution in [3.8, 4) is 0 Å². The molecule has 3 aromatic rings. The first-order valence-corrected chi connectivity index (χ1v) is 7.50. The lowest BCUT2D eigenvalue weighted by Gasteiger charge is -2.13. The van der Waals surface area contributed by atoms with Gasteiger partial charge in [0.1, 0.15) is 5.82 Å². The van der Waals surface area contributed by atoms with Gasteiger partial charge in [0.05, 0.1) is 10.9 Å². The smallest absolute Gasteiger partial charge is 0.261 e. The van der Waals surface area contributed by atoms with Crippen LogP contribution in [-0.2, 0) is 0 Å². The van der Waals surface area contributed by atoms with E-state index in [0.29, 0.717) is 10.3 Å². The zero-order chi connectivity index (χ0) is 14.8. The molecule has 0 radical (unpaired) electrons. The standard InChI is InChI=1S/C17H14FNOS/c1-11(12-6-3-2-4-7-12)19-17(20)16-10-13-14(18)8-5-9-15(13)21-16/h2-11H,1H3,(H,19,20). The Morgan fingerprint density at radius 1 is 1.14 bits per heavy atom. The van der Waals surface area contributed by atoms with Crippen molar-refractivity contribution in [1.29, 1.82) is 0 Å². The Morgan fingerprint density at radius 2 is 1.90 bits per heavy atom. The summed E-state index contributed by atoms with van der Waals surface area (Å²) in [6.45, 7) is 1.93. The second-order valence-electron chi connectivity index (χ2n) is 4.87. The van der Waals surface area contributed by atoms with Crippen LogP contribution >= 0.6 is 11.3 Å². The normalized spacial score (nSPS) is 12.3. The molecule has 1 amide bonds. The Hall–Kier alpha value is -2.20. The molecule has 1 unspecified atom stereocenters. The molecule has 0 saturated carbocycles. The summed E-state index contributed by atoms with van der Waals surface area (Å²) in [5.74, 6) is -0.467. The van der Waals surface area contributed by atoms with Crippen LogP contribution in [0, 0.1) is 5.82 Å². The van der Waals surface area contributed by atoms with Crippen LogP contribution in [-0.4, -0.2) is 5.91 Å². The van der Waals surface area contributed by atoms with Gasteiger partial charge in [0, 0.05) is 10.1 Å². The van der Waals surface area contributed by atoms with Crippen LogP contribution in [0.4, 0.5) is 4.39 Å². The molecule has 2 aromatic carbocycles. The summed E-state index contributed by atoms with van der Waals surface area (Å²) >= 11 is 1.30. The van der Waals surface area contributed by atoms with Gasteiger partial charge in [0.2, 0.25) is 0 Å². The number of hydrogen-bond donors (Lipinski definition) is 1. The van der Waals surface area contributed by atoms with Crippen molar-refractivity contribution in [2.24, 2.45) is 0 Å². The van der Waals surface area contributed by atoms with E-state index in [9.17, 15) is 9.18 Å². The summed E-state index contributed by atoms with van der Waals surface area (Å²) < 4.78 is 14.5. The summed E-state index contributed by atoms with van der Waals surface area (Å²) in [6.07, 6.45) is 0. The van der Waals surface area contributed by atoms with Crippen LogP contribution in [0.15, 0.2) is 54.6 Å². The fourth-order valence-corrected chi connectivity index (χ4v) is 3.21. The largest absolute Gasteiger partial charge is 0.345 e. The summed E-state index contributed by atoms with van der Waals surface area (Å²) in [5.41, 5.74) is 1.04. The molecule has 0 fully saturated rings. The average molecular weight is 299 g/mol. The number of halogens is 1. The van der Waals surface area contributed by atoms with Gasteiger partial charge >= 0.3 is 0 Å². The molecule has 0 aliphatic rings. The first-order valence-electron chi connectivity index (χ1n) is 6.69. The SMILES string of the molecule is CC(NC(=O)c1cc2c(F)cccc2s1)c1ccccc1. The summed E-state index contributed by atoms with van der Waals surface area (Å²) in [5, 5.41) is 3.44. The van der Waals surface area contributed by atoms with Crippen LogP contribution in [0.1, 0.15) is 28.2 Å². The minimum Gasteiger partial charge on any atom is -0.345 e. The van der Waals surface area contributed by atoms with Crippen LogP contribution in [0.5, 0.6) is 0 Å². The third kappa shape index (κ3) is 2.81. The van der Waals surface area contributed by atoms with Crippen molar-refractivity contribution in [2.75, 3.05) is 0 Å². The third-order valence-electron chi connectivity index (χ3n) is 3.38. The fraction of sp³-hybridized carbons (Fsp3) is 0.118. The van der Waals surface area contributed by atoms with E-state index in [2.05, 4.69) is 5.32 Å². The minimum absolute atomic E-state index is 0.0891. The molecule has 1 aromatic heterocycles. The molecule has 1 N–H and O–H groups in total. The Labute approximate surface area is 126 Å². The van der Waals surface area contributed by atoms with E-state index in [-0.39, 0.29) is 17.8 Å². The summed E-state index contributed by atoms with van der Waals surface area (Å²) in [4.78, 5) is 12.8. The molecule has 21 heavy (non-hydrogen) atoms. The number of rotatable bonds is 3. The highest BCUT2D eigenvalue weighted by Crippen LogP contribution is 2.28. The number of nitrogens with one attached hydrogen (secondary N) is 1. The van der Waals surface area contributed by atoms with Crippen molar-refractivity contribution < 1.29 is 9.18 Å². The van der Waals surface area contributed by atoms with Gasteiger partial charge in [-0.3, -0.25) is 4.79 Å². The Balaban J connectivity index is 1.82. The Morgan fingerprint density at radius 3 is 2.62 bits per heavy atom. The highest BCUT2D eigenvalue weighted by molar-refractivity contribution is 7.20. The minimum atomic E-state index is -0.293. The second-order valence-corrected chi connectivity index (χ2v) is 5.95. The number of amides is 1. The van der Waals surface area contributed by atoms with Gasteiger partial charge in [0.15, 0.2) is 0 Å². The van der Waals surface area contributed by atoms with Crippen molar-refractivity contribution >= 4 is 27.3 Å². The van der Waals surface area contributed by atoms with Gasteiger partial charge in [-0.25, -0.2) is 4.39 Å². The molecule has 0 aliphatic heterocycles. The highest BCUT2D eigenvalue weighted by atomic mass is 32.1. The molecule has 106 valence electrons. The number of carbonyl (C=O) groups excluding carboxylic acids is 1. The van der Waals surface area contributed by atoms with E-state index < -0.39 is 0 Å². The van der Waals surface area contributed by atoms with E-state index in [1.54, 1.807) is 12.1 Å². The Kier molecular flexibility index (Phi) is 3.71. The number of fused-ring (bicyclic) bond motifs is 1.